The lowest BCUT2D eigenvalue weighted by Crippen LogP contribution is -2.46. The van der Waals surface area contributed by atoms with Crippen molar-refractivity contribution in [1.29, 1.82) is 0 Å². The van der Waals surface area contributed by atoms with E-state index in [2.05, 4.69) is 37.3 Å². The van der Waals surface area contributed by atoms with Gasteiger partial charge in [-0.2, -0.15) is 0 Å². The monoisotopic (exact) mass is 462 g/mol. The molecular formula is C26H31FN6O. The lowest BCUT2D eigenvalue weighted by atomic mass is 9.81. The van der Waals surface area contributed by atoms with Crippen LogP contribution in [0.5, 0.6) is 0 Å². The van der Waals surface area contributed by atoms with E-state index >= 15 is 0 Å². The number of piperazine rings is 1. The van der Waals surface area contributed by atoms with Gasteiger partial charge in [0.15, 0.2) is 5.82 Å². The highest BCUT2D eigenvalue weighted by Crippen LogP contribution is 2.31. The molecule has 1 aliphatic carbocycles. The smallest absolute Gasteiger partial charge is 0.228 e. The van der Waals surface area contributed by atoms with Gasteiger partial charge in [-0.25, -0.2) is 4.39 Å². The van der Waals surface area contributed by atoms with Gasteiger partial charge in [-0.3, -0.25) is 9.78 Å². The number of halogens is 1. The van der Waals surface area contributed by atoms with E-state index < -0.39 is 0 Å². The van der Waals surface area contributed by atoms with Crippen molar-refractivity contribution in [3.8, 4) is 11.1 Å². The Balaban J connectivity index is 1.19. The van der Waals surface area contributed by atoms with Gasteiger partial charge < -0.3 is 15.1 Å². The molecular weight excluding hydrogens is 431 g/mol. The highest BCUT2D eigenvalue weighted by Gasteiger charge is 2.28. The Morgan fingerprint density at radius 3 is 2.56 bits per heavy atom. The van der Waals surface area contributed by atoms with Gasteiger partial charge in [-0.1, -0.05) is 6.07 Å². The second-order valence-corrected chi connectivity index (χ2v) is 9.71. The number of rotatable bonds is 5. The van der Waals surface area contributed by atoms with Gasteiger partial charge in [-0.05, 0) is 68.5 Å². The Hall–Kier alpha value is -2.97. The first-order valence-electron chi connectivity index (χ1n) is 12.1. The van der Waals surface area contributed by atoms with E-state index in [0.717, 1.165) is 74.9 Å². The van der Waals surface area contributed by atoms with Gasteiger partial charge in [0.05, 0.1) is 11.7 Å². The minimum Gasteiger partial charge on any atom is -0.309 e. The number of likely N-dealkylation sites (N-methyl/N-ethyl adjacent to an activating group) is 1. The number of carbonyl (C=O) groups excluding carboxylic acids is 1. The predicted molar refractivity (Wildman–Crippen MR) is 131 cm³/mol. The maximum Gasteiger partial charge on any atom is 0.228 e. The first-order valence-corrected chi connectivity index (χ1v) is 12.1. The number of nitrogens with one attached hydrogen (secondary N) is 1. The van der Waals surface area contributed by atoms with E-state index in [0.29, 0.717) is 17.3 Å². The Morgan fingerprint density at radius 1 is 1.00 bits per heavy atom. The van der Waals surface area contributed by atoms with Crippen molar-refractivity contribution in [1.82, 2.24) is 25.0 Å². The normalized spacial score (nSPS) is 22.1. The van der Waals surface area contributed by atoms with Gasteiger partial charge in [0.2, 0.25) is 5.91 Å². The summed E-state index contributed by atoms with van der Waals surface area (Å²) in [6.07, 6.45) is 6.84. The van der Waals surface area contributed by atoms with Crippen molar-refractivity contribution in [2.24, 2.45) is 11.8 Å². The van der Waals surface area contributed by atoms with Gasteiger partial charge >= 0.3 is 0 Å². The number of nitrogens with zero attached hydrogens (tertiary/aromatic N) is 5. The van der Waals surface area contributed by atoms with E-state index in [4.69, 9.17) is 0 Å². The zero-order valence-corrected chi connectivity index (χ0v) is 19.6. The zero-order chi connectivity index (χ0) is 23.5. The fourth-order valence-corrected chi connectivity index (χ4v) is 5.09. The standard InChI is InChI=1S/C26H31FN6O/c1-32-8-10-33(11-9-32)17-18-2-4-19(5-3-18)26(34)29-25-14-21-12-20(6-7-24(21)30-31-25)22-13-23(27)16-28-15-22/h6-7,12-16,18-19H,2-5,8-11,17H2,1H3,(H,29,31,34)/t18-,19-. The molecule has 0 spiro atoms. The fraction of sp³-hybridized carbons (Fsp3) is 0.462. The number of hydrogen-bond donors (Lipinski definition) is 1. The molecule has 5 rings (SSSR count). The second-order valence-electron chi connectivity index (χ2n) is 9.71. The van der Waals surface area contributed by atoms with Gasteiger partial charge in [-0.15, -0.1) is 10.2 Å². The Morgan fingerprint density at radius 2 is 1.79 bits per heavy atom. The van der Waals surface area contributed by atoms with E-state index in [1.165, 1.54) is 12.3 Å². The molecule has 0 bridgehead atoms. The van der Waals surface area contributed by atoms with Crippen LogP contribution in [0, 0.1) is 17.7 Å². The van der Waals surface area contributed by atoms with Crippen molar-refractivity contribution in [2.45, 2.75) is 25.7 Å². The molecule has 1 saturated carbocycles. The molecule has 1 N–H and O–H groups in total. The number of anilines is 1. The van der Waals surface area contributed by atoms with Crippen molar-refractivity contribution >= 4 is 22.6 Å². The maximum atomic E-state index is 13.6. The van der Waals surface area contributed by atoms with Crippen LogP contribution in [0.2, 0.25) is 0 Å². The molecule has 1 aliphatic heterocycles. The molecule has 2 fully saturated rings. The Bertz CT molecular complexity index is 1150. The lowest BCUT2D eigenvalue weighted by Gasteiger charge is -2.36. The molecule has 2 aromatic heterocycles. The minimum absolute atomic E-state index is 0.0194. The second kappa shape index (κ2) is 10.1. The molecule has 2 aliphatic rings. The van der Waals surface area contributed by atoms with Crippen LogP contribution in [0.15, 0.2) is 42.7 Å². The third-order valence-corrected chi connectivity index (χ3v) is 7.20. The van der Waals surface area contributed by atoms with E-state index in [1.807, 2.05) is 24.3 Å². The van der Waals surface area contributed by atoms with Crippen LogP contribution < -0.4 is 5.32 Å². The van der Waals surface area contributed by atoms with Crippen molar-refractivity contribution in [3.05, 3.63) is 48.5 Å². The zero-order valence-electron chi connectivity index (χ0n) is 19.6. The molecule has 1 aromatic carbocycles. The highest BCUT2D eigenvalue weighted by molar-refractivity contribution is 5.94. The van der Waals surface area contributed by atoms with E-state index in [-0.39, 0.29) is 17.6 Å². The summed E-state index contributed by atoms with van der Waals surface area (Å²) in [5.74, 6) is 0.801. The average molecular weight is 463 g/mol. The SMILES string of the molecule is CN1CCN(C[C@H]2CC[C@H](C(=O)Nc3cc4cc(-c5cncc(F)c5)ccc4nn3)CC2)CC1. The number of amides is 1. The average Bonchev–Trinajstić information content (AvgIpc) is 2.85. The molecule has 0 atom stereocenters. The van der Waals surface area contributed by atoms with Crippen molar-refractivity contribution < 1.29 is 9.18 Å². The summed E-state index contributed by atoms with van der Waals surface area (Å²) in [5, 5.41) is 12.3. The van der Waals surface area contributed by atoms with Crippen LogP contribution in [-0.4, -0.2) is 70.7 Å². The molecule has 3 aromatic rings. The largest absolute Gasteiger partial charge is 0.309 e. The number of benzene rings is 1. The number of pyridine rings is 1. The Kier molecular flexibility index (Phi) is 6.78. The predicted octanol–water partition coefficient (Wildman–Crippen LogP) is 3.82. The molecule has 0 radical (unpaired) electrons. The minimum atomic E-state index is -0.378. The fourth-order valence-electron chi connectivity index (χ4n) is 5.09. The van der Waals surface area contributed by atoms with Crippen LogP contribution in [0.25, 0.3) is 22.0 Å². The summed E-state index contributed by atoms with van der Waals surface area (Å²) in [5.41, 5.74) is 2.25. The first kappa shape index (κ1) is 22.8. The molecule has 1 saturated heterocycles. The molecule has 7 nitrogen and oxygen atoms in total. The molecule has 34 heavy (non-hydrogen) atoms. The summed E-state index contributed by atoms with van der Waals surface area (Å²) < 4.78 is 13.6. The maximum absolute atomic E-state index is 13.6. The Labute approximate surface area is 199 Å². The van der Waals surface area contributed by atoms with Crippen LogP contribution in [0.3, 0.4) is 0 Å². The molecule has 178 valence electrons. The number of carbonyl (C=O) groups is 1. The van der Waals surface area contributed by atoms with Gasteiger partial charge in [0, 0.05) is 55.8 Å². The topological polar surface area (TPSA) is 74.2 Å². The highest BCUT2D eigenvalue weighted by atomic mass is 19.1. The summed E-state index contributed by atoms with van der Waals surface area (Å²) in [6.45, 7) is 5.74. The van der Waals surface area contributed by atoms with Crippen LogP contribution in [-0.2, 0) is 4.79 Å². The molecule has 1 amide bonds. The summed E-state index contributed by atoms with van der Waals surface area (Å²) in [6, 6.07) is 8.91. The van der Waals surface area contributed by atoms with Crippen molar-refractivity contribution in [2.75, 3.05) is 45.1 Å². The summed E-state index contributed by atoms with van der Waals surface area (Å²) in [7, 11) is 2.18. The third-order valence-electron chi connectivity index (χ3n) is 7.20. The van der Waals surface area contributed by atoms with Crippen LogP contribution >= 0.6 is 0 Å². The molecule has 8 heteroatoms. The third kappa shape index (κ3) is 5.39. The van der Waals surface area contributed by atoms with Gasteiger partial charge in [0.1, 0.15) is 5.82 Å². The van der Waals surface area contributed by atoms with Crippen LogP contribution in [0.4, 0.5) is 10.2 Å². The molecule has 3 heterocycles. The summed E-state index contributed by atoms with van der Waals surface area (Å²) >= 11 is 0. The number of fused-ring (bicyclic) bond motifs is 1. The number of aromatic nitrogens is 3. The van der Waals surface area contributed by atoms with Crippen molar-refractivity contribution in [3.63, 3.8) is 0 Å². The summed E-state index contributed by atoms with van der Waals surface area (Å²) in [4.78, 5) is 21.8. The van der Waals surface area contributed by atoms with Gasteiger partial charge in [0.25, 0.3) is 0 Å². The lowest BCUT2D eigenvalue weighted by molar-refractivity contribution is -0.121. The number of hydrogen-bond acceptors (Lipinski definition) is 6. The van der Waals surface area contributed by atoms with E-state index in [1.54, 1.807) is 6.20 Å². The molecule has 0 unspecified atom stereocenters. The van der Waals surface area contributed by atoms with E-state index in [9.17, 15) is 9.18 Å². The van der Waals surface area contributed by atoms with Crippen LogP contribution in [0.1, 0.15) is 25.7 Å². The first-order chi connectivity index (χ1) is 16.5. The quantitative estimate of drug-likeness (QED) is 0.621.